The van der Waals surface area contributed by atoms with Gasteiger partial charge in [-0.3, -0.25) is 4.79 Å². The predicted octanol–water partition coefficient (Wildman–Crippen LogP) is 2.03. The summed E-state index contributed by atoms with van der Waals surface area (Å²) in [6.07, 6.45) is 3.40. The zero-order chi connectivity index (χ0) is 16.8. The summed E-state index contributed by atoms with van der Waals surface area (Å²) in [7, 11) is 0. The molecule has 0 saturated heterocycles. The fraction of sp³-hybridized carbons (Fsp3) is 0.333. The first-order valence-corrected chi connectivity index (χ1v) is 7.62. The molecule has 0 aromatic heterocycles. The van der Waals surface area contributed by atoms with E-state index >= 15 is 0 Å². The monoisotopic (exact) mass is 314 g/mol. The molecule has 0 heterocycles. The molecule has 23 heavy (non-hydrogen) atoms. The SMILES string of the molecule is CC1=CC(=Nc2ccc(N(CCO)CCO)cc2)C(C)=CC1=O. The van der Waals surface area contributed by atoms with E-state index in [0.29, 0.717) is 18.7 Å². The quantitative estimate of drug-likeness (QED) is 0.788. The topological polar surface area (TPSA) is 73.1 Å². The van der Waals surface area contributed by atoms with Gasteiger partial charge in [0.1, 0.15) is 0 Å². The Morgan fingerprint density at radius 2 is 1.57 bits per heavy atom. The van der Waals surface area contributed by atoms with Crippen LogP contribution >= 0.6 is 0 Å². The molecular weight excluding hydrogens is 292 g/mol. The van der Waals surface area contributed by atoms with E-state index in [0.717, 1.165) is 22.7 Å². The third kappa shape index (κ3) is 4.37. The normalized spacial score (nSPS) is 16.3. The molecule has 0 atom stereocenters. The Balaban J connectivity index is 2.21. The molecule has 5 heteroatoms. The Bertz CT molecular complexity index is 651. The fourth-order valence-electron chi connectivity index (χ4n) is 2.38. The molecule has 2 rings (SSSR count). The zero-order valence-electron chi connectivity index (χ0n) is 13.5. The van der Waals surface area contributed by atoms with Gasteiger partial charge in [0.2, 0.25) is 0 Å². The predicted molar refractivity (Wildman–Crippen MR) is 92.4 cm³/mol. The van der Waals surface area contributed by atoms with Gasteiger partial charge in [0, 0.05) is 18.8 Å². The average molecular weight is 314 g/mol. The van der Waals surface area contributed by atoms with Crippen molar-refractivity contribution in [1.29, 1.82) is 0 Å². The maximum absolute atomic E-state index is 11.6. The van der Waals surface area contributed by atoms with Crippen LogP contribution in [-0.2, 0) is 4.79 Å². The van der Waals surface area contributed by atoms with Crippen molar-refractivity contribution in [2.45, 2.75) is 13.8 Å². The molecule has 2 N–H and O–H groups in total. The van der Waals surface area contributed by atoms with E-state index in [9.17, 15) is 4.79 Å². The smallest absolute Gasteiger partial charge is 0.181 e. The van der Waals surface area contributed by atoms with Gasteiger partial charge < -0.3 is 15.1 Å². The van der Waals surface area contributed by atoms with Gasteiger partial charge in [-0.25, -0.2) is 4.99 Å². The summed E-state index contributed by atoms with van der Waals surface area (Å²) in [6, 6.07) is 7.59. The number of hydrogen-bond acceptors (Lipinski definition) is 5. The highest BCUT2D eigenvalue weighted by Crippen LogP contribution is 2.22. The number of carbonyl (C=O) groups is 1. The van der Waals surface area contributed by atoms with Crippen molar-refractivity contribution in [3.05, 3.63) is 47.6 Å². The number of aliphatic hydroxyl groups is 2. The molecule has 1 aromatic carbocycles. The summed E-state index contributed by atoms with van der Waals surface area (Å²) in [5, 5.41) is 18.2. The van der Waals surface area contributed by atoms with Gasteiger partial charge in [0.15, 0.2) is 5.78 Å². The van der Waals surface area contributed by atoms with E-state index in [-0.39, 0.29) is 19.0 Å². The van der Waals surface area contributed by atoms with Crippen LogP contribution in [0.1, 0.15) is 13.8 Å². The zero-order valence-corrected chi connectivity index (χ0v) is 13.5. The molecule has 0 radical (unpaired) electrons. The average Bonchev–Trinajstić information content (AvgIpc) is 2.53. The second-order valence-corrected chi connectivity index (χ2v) is 5.47. The van der Waals surface area contributed by atoms with Gasteiger partial charge in [0.05, 0.1) is 24.6 Å². The molecule has 122 valence electrons. The van der Waals surface area contributed by atoms with Crippen LogP contribution in [0.25, 0.3) is 0 Å². The first-order chi connectivity index (χ1) is 11.0. The van der Waals surface area contributed by atoms with Crippen LogP contribution < -0.4 is 4.90 Å². The molecule has 5 nitrogen and oxygen atoms in total. The summed E-state index contributed by atoms with van der Waals surface area (Å²) in [5.74, 6) is 0.0282. The Morgan fingerprint density at radius 3 is 2.13 bits per heavy atom. The Morgan fingerprint density at radius 1 is 0.957 bits per heavy atom. The van der Waals surface area contributed by atoms with Crippen LogP contribution in [0, 0.1) is 0 Å². The lowest BCUT2D eigenvalue weighted by Crippen LogP contribution is -2.29. The summed E-state index contributed by atoms with van der Waals surface area (Å²) in [5.41, 5.74) is 4.05. The number of anilines is 1. The number of nitrogens with zero attached hydrogens (tertiary/aromatic N) is 2. The highest BCUT2D eigenvalue weighted by Gasteiger charge is 2.12. The third-order valence-electron chi connectivity index (χ3n) is 3.70. The number of allylic oxidation sites excluding steroid dienone is 4. The summed E-state index contributed by atoms with van der Waals surface area (Å²) in [6.45, 7) is 4.67. The first kappa shape index (κ1) is 17.1. The second kappa shape index (κ2) is 7.85. The minimum Gasteiger partial charge on any atom is -0.395 e. The minimum atomic E-state index is 0.0282. The van der Waals surface area contributed by atoms with Crippen LogP contribution in [0.3, 0.4) is 0 Å². The second-order valence-electron chi connectivity index (χ2n) is 5.47. The number of carbonyl (C=O) groups excluding carboxylic acids is 1. The number of benzene rings is 1. The minimum absolute atomic E-state index is 0.0282. The molecule has 0 spiro atoms. The number of rotatable bonds is 6. The van der Waals surface area contributed by atoms with Gasteiger partial charge in [-0.1, -0.05) is 0 Å². The maximum atomic E-state index is 11.6. The Labute approximate surface area is 136 Å². The van der Waals surface area contributed by atoms with Crippen molar-refractivity contribution < 1.29 is 15.0 Å². The van der Waals surface area contributed by atoms with Crippen LogP contribution in [0.15, 0.2) is 52.6 Å². The molecule has 0 bridgehead atoms. The van der Waals surface area contributed by atoms with Crippen molar-refractivity contribution >= 4 is 22.9 Å². The molecule has 1 aromatic rings. The summed E-state index contributed by atoms with van der Waals surface area (Å²) >= 11 is 0. The van der Waals surface area contributed by atoms with Crippen LogP contribution in [-0.4, -0.2) is 48.0 Å². The van der Waals surface area contributed by atoms with E-state index in [4.69, 9.17) is 10.2 Å². The summed E-state index contributed by atoms with van der Waals surface area (Å²) in [4.78, 5) is 18.1. The molecule has 1 aliphatic carbocycles. The number of aliphatic hydroxyl groups excluding tert-OH is 2. The maximum Gasteiger partial charge on any atom is 0.181 e. The van der Waals surface area contributed by atoms with E-state index in [1.807, 2.05) is 36.1 Å². The molecule has 0 unspecified atom stereocenters. The number of aliphatic imine (C=N–C) groups is 1. The molecule has 0 amide bonds. The fourth-order valence-corrected chi connectivity index (χ4v) is 2.38. The first-order valence-electron chi connectivity index (χ1n) is 7.62. The van der Waals surface area contributed by atoms with Gasteiger partial charge in [0.25, 0.3) is 0 Å². The van der Waals surface area contributed by atoms with Crippen molar-refractivity contribution in [3.63, 3.8) is 0 Å². The highest BCUT2D eigenvalue weighted by molar-refractivity contribution is 6.22. The summed E-state index contributed by atoms with van der Waals surface area (Å²) < 4.78 is 0. The van der Waals surface area contributed by atoms with Gasteiger partial charge in [-0.15, -0.1) is 0 Å². The van der Waals surface area contributed by atoms with Crippen LogP contribution in [0.2, 0.25) is 0 Å². The lowest BCUT2D eigenvalue weighted by molar-refractivity contribution is -0.111. The van der Waals surface area contributed by atoms with Crippen LogP contribution in [0.5, 0.6) is 0 Å². The Hall–Kier alpha value is -2.24. The van der Waals surface area contributed by atoms with Gasteiger partial charge in [-0.05, 0) is 61.4 Å². The van der Waals surface area contributed by atoms with Crippen molar-refractivity contribution in [1.82, 2.24) is 0 Å². The molecule has 0 aliphatic heterocycles. The lowest BCUT2D eigenvalue weighted by atomic mass is 9.98. The van der Waals surface area contributed by atoms with Crippen LogP contribution in [0.4, 0.5) is 11.4 Å². The molecular formula is C18H22N2O3. The molecule has 0 fully saturated rings. The standard InChI is InChI=1S/C18H22N2O3/c1-13-12-18(23)14(2)11-17(13)19-15-3-5-16(6-4-15)20(7-9-21)8-10-22/h3-6,11-12,21-22H,7-10H2,1-2H3. The van der Waals surface area contributed by atoms with Gasteiger partial charge >= 0.3 is 0 Å². The number of ketones is 1. The number of hydrogen-bond donors (Lipinski definition) is 2. The van der Waals surface area contributed by atoms with Crippen molar-refractivity contribution in [2.24, 2.45) is 4.99 Å². The van der Waals surface area contributed by atoms with E-state index in [2.05, 4.69) is 4.99 Å². The lowest BCUT2D eigenvalue weighted by Gasteiger charge is -2.22. The van der Waals surface area contributed by atoms with E-state index < -0.39 is 0 Å². The largest absolute Gasteiger partial charge is 0.395 e. The van der Waals surface area contributed by atoms with Crippen molar-refractivity contribution in [3.8, 4) is 0 Å². The van der Waals surface area contributed by atoms with Crippen molar-refractivity contribution in [2.75, 3.05) is 31.2 Å². The van der Waals surface area contributed by atoms with E-state index in [1.165, 1.54) is 0 Å². The third-order valence-corrected chi connectivity index (χ3v) is 3.70. The van der Waals surface area contributed by atoms with Gasteiger partial charge in [-0.2, -0.15) is 0 Å². The molecule has 1 aliphatic rings. The Kier molecular flexibility index (Phi) is 5.84. The molecule has 0 saturated carbocycles. The highest BCUT2D eigenvalue weighted by atomic mass is 16.3. The van der Waals surface area contributed by atoms with E-state index in [1.54, 1.807) is 19.1 Å².